The summed E-state index contributed by atoms with van der Waals surface area (Å²) in [6.07, 6.45) is 1.95. The molecule has 0 saturated heterocycles. The minimum atomic E-state index is 0.481. The second-order valence-electron chi connectivity index (χ2n) is 2.56. The third-order valence-corrected chi connectivity index (χ3v) is 1.54. The summed E-state index contributed by atoms with van der Waals surface area (Å²) in [5.41, 5.74) is 1.20. The average Bonchev–Trinajstić information content (AvgIpc) is 2.14. The molecule has 1 heterocycles. The van der Waals surface area contributed by atoms with Crippen LogP contribution in [0.2, 0.25) is 0 Å². The molecule has 1 aliphatic heterocycles. The van der Waals surface area contributed by atoms with Gasteiger partial charge in [-0.15, -0.1) is 0 Å². The molecule has 1 aliphatic rings. The molecule has 0 saturated carbocycles. The van der Waals surface area contributed by atoms with Gasteiger partial charge in [-0.25, -0.2) is 0 Å². The van der Waals surface area contributed by atoms with E-state index >= 15 is 0 Å². The van der Waals surface area contributed by atoms with Crippen molar-refractivity contribution in [2.45, 2.75) is 6.92 Å². The van der Waals surface area contributed by atoms with E-state index in [1.54, 1.807) is 0 Å². The number of rotatable bonds is 1. The fourth-order valence-electron chi connectivity index (χ4n) is 0.856. The molecular formula is C7H12N2. The molecular weight excluding hydrogens is 112 g/mol. The Morgan fingerprint density at radius 2 is 2.56 bits per heavy atom. The molecule has 2 heteroatoms. The van der Waals surface area contributed by atoms with Crippen LogP contribution in [0.1, 0.15) is 6.92 Å². The molecule has 0 bridgehead atoms. The minimum Gasteiger partial charge on any atom is -0.299 e. The Morgan fingerprint density at radius 3 is 2.78 bits per heavy atom. The molecule has 0 aromatic heterocycles. The highest BCUT2D eigenvalue weighted by atomic mass is 15.4. The Hall–Kier alpha value is -0.790. The van der Waals surface area contributed by atoms with Crippen molar-refractivity contribution >= 4 is 6.21 Å². The van der Waals surface area contributed by atoms with Crippen molar-refractivity contribution in [1.29, 1.82) is 0 Å². The van der Waals surface area contributed by atoms with Crippen LogP contribution in [0.15, 0.2) is 17.3 Å². The standard InChI is InChI=1S/C7H12N2/c1-6(2)7-4-8-9(3)5-7/h4,7H,1,5H2,2-3H3. The van der Waals surface area contributed by atoms with E-state index in [0.717, 1.165) is 6.54 Å². The van der Waals surface area contributed by atoms with Crippen LogP contribution in [-0.4, -0.2) is 24.8 Å². The van der Waals surface area contributed by atoms with Crippen LogP contribution < -0.4 is 0 Å². The van der Waals surface area contributed by atoms with Gasteiger partial charge in [0.1, 0.15) is 0 Å². The van der Waals surface area contributed by atoms with E-state index in [1.807, 2.05) is 25.2 Å². The molecule has 0 amide bonds. The maximum atomic E-state index is 4.09. The Bertz CT molecular complexity index is 149. The van der Waals surface area contributed by atoms with Gasteiger partial charge in [-0.1, -0.05) is 12.2 Å². The second-order valence-corrected chi connectivity index (χ2v) is 2.56. The molecule has 1 rings (SSSR count). The summed E-state index contributed by atoms with van der Waals surface area (Å²) in [6.45, 7) is 6.89. The first kappa shape index (κ1) is 6.33. The SMILES string of the molecule is C=C(C)C1C=NN(C)C1. The van der Waals surface area contributed by atoms with Crippen molar-refractivity contribution in [3.8, 4) is 0 Å². The zero-order valence-corrected chi connectivity index (χ0v) is 5.96. The van der Waals surface area contributed by atoms with Crippen molar-refractivity contribution in [1.82, 2.24) is 5.01 Å². The van der Waals surface area contributed by atoms with Gasteiger partial charge in [0.25, 0.3) is 0 Å². The predicted molar refractivity (Wildman–Crippen MR) is 39.4 cm³/mol. The summed E-state index contributed by atoms with van der Waals surface area (Å²) in [5.74, 6) is 0.481. The molecule has 1 unspecified atom stereocenters. The van der Waals surface area contributed by atoms with Crippen molar-refractivity contribution < 1.29 is 0 Å². The minimum absolute atomic E-state index is 0.481. The largest absolute Gasteiger partial charge is 0.299 e. The van der Waals surface area contributed by atoms with Crippen molar-refractivity contribution in [3.05, 3.63) is 12.2 Å². The van der Waals surface area contributed by atoms with Crippen molar-refractivity contribution in [2.24, 2.45) is 11.0 Å². The smallest absolute Gasteiger partial charge is 0.0472 e. The summed E-state index contributed by atoms with van der Waals surface area (Å²) < 4.78 is 0. The van der Waals surface area contributed by atoms with Crippen LogP contribution >= 0.6 is 0 Å². The number of hydrogen-bond donors (Lipinski definition) is 0. The molecule has 1 atom stereocenters. The molecule has 2 nitrogen and oxygen atoms in total. The molecule has 0 aromatic rings. The van der Waals surface area contributed by atoms with Gasteiger partial charge in [-0.3, -0.25) is 5.01 Å². The lowest BCUT2D eigenvalue weighted by molar-refractivity contribution is 0.372. The summed E-state index contributed by atoms with van der Waals surface area (Å²) in [4.78, 5) is 0. The molecule has 0 aliphatic carbocycles. The number of hydrazone groups is 1. The topological polar surface area (TPSA) is 15.6 Å². The van der Waals surface area contributed by atoms with E-state index in [9.17, 15) is 0 Å². The quantitative estimate of drug-likeness (QED) is 0.478. The lowest BCUT2D eigenvalue weighted by Gasteiger charge is -2.08. The number of hydrogen-bond acceptors (Lipinski definition) is 2. The van der Waals surface area contributed by atoms with Gasteiger partial charge in [0.2, 0.25) is 0 Å². The summed E-state index contributed by atoms with van der Waals surface area (Å²) >= 11 is 0. The van der Waals surface area contributed by atoms with Gasteiger partial charge >= 0.3 is 0 Å². The predicted octanol–water partition coefficient (Wildman–Crippen LogP) is 1.11. The van der Waals surface area contributed by atoms with Crippen LogP contribution in [-0.2, 0) is 0 Å². The van der Waals surface area contributed by atoms with Crippen LogP contribution in [0.5, 0.6) is 0 Å². The van der Waals surface area contributed by atoms with E-state index in [1.165, 1.54) is 5.57 Å². The molecule has 0 radical (unpaired) electrons. The van der Waals surface area contributed by atoms with E-state index in [0.29, 0.717) is 5.92 Å². The average molecular weight is 124 g/mol. The summed E-state index contributed by atoms with van der Waals surface area (Å²) in [6, 6.07) is 0. The molecule has 9 heavy (non-hydrogen) atoms. The Morgan fingerprint density at radius 1 is 1.89 bits per heavy atom. The van der Waals surface area contributed by atoms with Crippen LogP contribution in [0.3, 0.4) is 0 Å². The first-order chi connectivity index (χ1) is 4.20. The lowest BCUT2D eigenvalue weighted by Crippen LogP contribution is -2.13. The first-order valence-electron chi connectivity index (χ1n) is 3.11. The molecule has 0 spiro atoms. The zero-order valence-electron chi connectivity index (χ0n) is 5.96. The normalized spacial score (nSPS) is 25.1. The van der Waals surface area contributed by atoms with E-state index in [4.69, 9.17) is 0 Å². The van der Waals surface area contributed by atoms with Crippen molar-refractivity contribution in [3.63, 3.8) is 0 Å². The highest BCUT2D eigenvalue weighted by Gasteiger charge is 2.13. The third kappa shape index (κ3) is 1.31. The highest BCUT2D eigenvalue weighted by Crippen LogP contribution is 2.12. The van der Waals surface area contributed by atoms with Gasteiger partial charge in [0.05, 0.1) is 0 Å². The van der Waals surface area contributed by atoms with Crippen LogP contribution in [0.4, 0.5) is 0 Å². The van der Waals surface area contributed by atoms with Crippen LogP contribution in [0, 0.1) is 5.92 Å². The van der Waals surface area contributed by atoms with Crippen LogP contribution in [0.25, 0.3) is 0 Å². The Labute approximate surface area is 55.9 Å². The Kier molecular flexibility index (Phi) is 1.56. The van der Waals surface area contributed by atoms with Gasteiger partial charge < -0.3 is 0 Å². The molecule has 0 N–H and O–H groups in total. The fraction of sp³-hybridized carbons (Fsp3) is 0.571. The van der Waals surface area contributed by atoms with E-state index < -0.39 is 0 Å². The highest BCUT2D eigenvalue weighted by molar-refractivity contribution is 5.66. The Balaban J connectivity index is 2.50. The maximum absolute atomic E-state index is 4.09. The zero-order chi connectivity index (χ0) is 6.85. The first-order valence-corrected chi connectivity index (χ1v) is 3.11. The van der Waals surface area contributed by atoms with Gasteiger partial charge in [-0.05, 0) is 6.92 Å². The number of nitrogens with zero attached hydrogens (tertiary/aromatic N) is 2. The molecule has 0 aromatic carbocycles. The van der Waals surface area contributed by atoms with E-state index in [-0.39, 0.29) is 0 Å². The van der Waals surface area contributed by atoms with Gasteiger partial charge in [0.15, 0.2) is 0 Å². The summed E-state index contributed by atoms with van der Waals surface area (Å²) in [7, 11) is 1.97. The molecule has 50 valence electrons. The van der Waals surface area contributed by atoms with Gasteiger partial charge in [-0.2, -0.15) is 5.10 Å². The van der Waals surface area contributed by atoms with E-state index in [2.05, 4.69) is 11.7 Å². The lowest BCUT2D eigenvalue weighted by atomic mass is 10.1. The summed E-state index contributed by atoms with van der Waals surface area (Å²) in [5, 5.41) is 6.02. The molecule has 0 fully saturated rings. The van der Waals surface area contributed by atoms with Gasteiger partial charge in [0, 0.05) is 25.7 Å². The van der Waals surface area contributed by atoms with Crippen molar-refractivity contribution in [2.75, 3.05) is 13.6 Å². The third-order valence-electron chi connectivity index (χ3n) is 1.54. The second kappa shape index (κ2) is 2.21. The fourth-order valence-corrected chi connectivity index (χ4v) is 0.856. The monoisotopic (exact) mass is 124 g/mol. The maximum Gasteiger partial charge on any atom is 0.0472 e.